The maximum absolute atomic E-state index is 12.0. The molecule has 0 radical (unpaired) electrons. The Morgan fingerprint density at radius 2 is 2.00 bits per heavy atom. The van der Waals surface area contributed by atoms with Gasteiger partial charge in [-0.2, -0.15) is 13.2 Å². The third kappa shape index (κ3) is 5.48. The van der Waals surface area contributed by atoms with Crippen LogP contribution in [-0.4, -0.2) is 25.0 Å². The van der Waals surface area contributed by atoms with Gasteiger partial charge >= 0.3 is 6.18 Å². The predicted octanol–water partition coefficient (Wildman–Crippen LogP) is 3.22. The van der Waals surface area contributed by atoms with E-state index in [0.29, 0.717) is 16.9 Å². The SMILES string of the molecule is COc1ccc(C(C)O)cc1COCCC(F)(F)F. The molecule has 0 aliphatic rings. The van der Waals surface area contributed by atoms with Gasteiger partial charge in [-0.15, -0.1) is 0 Å². The number of benzene rings is 1. The molecule has 1 rings (SSSR count). The minimum Gasteiger partial charge on any atom is -0.496 e. The van der Waals surface area contributed by atoms with Crippen LogP contribution in [0.25, 0.3) is 0 Å². The van der Waals surface area contributed by atoms with E-state index in [4.69, 9.17) is 9.47 Å². The van der Waals surface area contributed by atoms with Crippen molar-refractivity contribution < 1.29 is 27.8 Å². The summed E-state index contributed by atoms with van der Waals surface area (Å²) in [5.41, 5.74) is 1.28. The van der Waals surface area contributed by atoms with Crippen LogP contribution >= 0.6 is 0 Å². The first-order valence-electron chi connectivity index (χ1n) is 5.83. The summed E-state index contributed by atoms with van der Waals surface area (Å²) in [6.45, 7) is 1.22. The van der Waals surface area contributed by atoms with E-state index in [-0.39, 0.29) is 6.61 Å². The maximum atomic E-state index is 12.0. The lowest BCUT2D eigenvalue weighted by Gasteiger charge is -2.13. The molecule has 0 bridgehead atoms. The zero-order chi connectivity index (χ0) is 14.5. The fraction of sp³-hybridized carbons (Fsp3) is 0.538. The zero-order valence-electron chi connectivity index (χ0n) is 10.8. The lowest BCUT2D eigenvalue weighted by Crippen LogP contribution is -2.11. The minimum atomic E-state index is -4.22. The minimum absolute atomic E-state index is 0.0137. The van der Waals surface area contributed by atoms with E-state index < -0.39 is 25.3 Å². The maximum Gasteiger partial charge on any atom is 0.391 e. The van der Waals surface area contributed by atoms with Crippen LogP contribution in [0.15, 0.2) is 18.2 Å². The Morgan fingerprint density at radius 3 is 2.53 bits per heavy atom. The molecule has 0 spiro atoms. The van der Waals surface area contributed by atoms with E-state index in [2.05, 4.69) is 0 Å². The topological polar surface area (TPSA) is 38.7 Å². The van der Waals surface area contributed by atoms with Crippen LogP contribution < -0.4 is 4.74 Å². The van der Waals surface area contributed by atoms with Gasteiger partial charge in [0.15, 0.2) is 0 Å². The number of rotatable bonds is 6. The summed E-state index contributed by atoms with van der Waals surface area (Å²) < 4.78 is 46.0. The van der Waals surface area contributed by atoms with Gasteiger partial charge in [-0.1, -0.05) is 6.07 Å². The van der Waals surface area contributed by atoms with Gasteiger partial charge in [0.1, 0.15) is 5.75 Å². The average molecular weight is 278 g/mol. The molecule has 0 heterocycles. The summed E-state index contributed by atoms with van der Waals surface area (Å²) >= 11 is 0. The van der Waals surface area contributed by atoms with Crippen molar-refractivity contribution >= 4 is 0 Å². The van der Waals surface area contributed by atoms with Gasteiger partial charge < -0.3 is 14.6 Å². The van der Waals surface area contributed by atoms with Crippen molar-refractivity contribution in [3.63, 3.8) is 0 Å². The highest BCUT2D eigenvalue weighted by atomic mass is 19.4. The molecule has 1 N–H and O–H groups in total. The molecule has 1 atom stereocenters. The molecule has 0 saturated heterocycles. The summed E-state index contributed by atoms with van der Waals surface area (Å²) in [5, 5.41) is 9.46. The summed E-state index contributed by atoms with van der Waals surface area (Å²) in [5.74, 6) is 0.524. The molecule has 1 aromatic carbocycles. The van der Waals surface area contributed by atoms with Gasteiger partial charge in [0.05, 0.1) is 32.8 Å². The van der Waals surface area contributed by atoms with Crippen LogP contribution in [0.5, 0.6) is 5.75 Å². The predicted molar refractivity (Wildman–Crippen MR) is 64.0 cm³/mol. The monoisotopic (exact) mass is 278 g/mol. The first-order valence-corrected chi connectivity index (χ1v) is 5.83. The quantitative estimate of drug-likeness (QED) is 0.812. The largest absolute Gasteiger partial charge is 0.496 e. The van der Waals surface area contributed by atoms with Crippen LogP contribution in [0.1, 0.15) is 30.6 Å². The van der Waals surface area contributed by atoms with E-state index in [1.807, 2.05) is 0 Å². The van der Waals surface area contributed by atoms with Crippen LogP contribution in [0.2, 0.25) is 0 Å². The molecular weight excluding hydrogens is 261 g/mol. The van der Waals surface area contributed by atoms with Crippen LogP contribution in [-0.2, 0) is 11.3 Å². The van der Waals surface area contributed by atoms with Crippen molar-refractivity contribution in [3.05, 3.63) is 29.3 Å². The highest BCUT2D eigenvalue weighted by molar-refractivity contribution is 5.37. The van der Waals surface area contributed by atoms with E-state index in [9.17, 15) is 18.3 Å². The van der Waals surface area contributed by atoms with E-state index in [1.165, 1.54) is 7.11 Å². The summed E-state index contributed by atoms with van der Waals surface area (Å²) in [6, 6.07) is 5.02. The smallest absolute Gasteiger partial charge is 0.391 e. The number of hydrogen-bond acceptors (Lipinski definition) is 3. The van der Waals surface area contributed by atoms with Gasteiger partial charge in [-0.25, -0.2) is 0 Å². The number of halogens is 3. The molecule has 108 valence electrons. The molecule has 19 heavy (non-hydrogen) atoms. The lowest BCUT2D eigenvalue weighted by molar-refractivity contribution is -0.146. The summed E-state index contributed by atoms with van der Waals surface area (Å²) in [7, 11) is 1.47. The Morgan fingerprint density at radius 1 is 1.32 bits per heavy atom. The third-order valence-corrected chi connectivity index (χ3v) is 2.57. The van der Waals surface area contributed by atoms with Crippen molar-refractivity contribution in [2.24, 2.45) is 0 Å². The molecule has 0 amide bonds. The number of aliphatic hydroxyl groups is 1. The highest BCUT2D eigenvalue weighted by Crippen LogP contribution is 2.25. The Labute approximate surface area is 110 Å². The summed E-state index contributed by atoms with van der Waals surface area (Å²) in [6.07, 6.45) is -5.85. The number of ether oxygens (including phenoxy) is 2. The molecule has 3 nitrogen and oxygen atoms in total. The highest BCUT2D eigenvalue weighted by Gasteiger charge is 2.26. The summed E-state index contributed by atoms with van der Waals surface area (Å²) in [4.78, 5) is 0. The van der Waals surface area contributed by atoms with Gasteiger partial charge in [-0.05, 0) is 24.6 Å². The Hall–Kier alpha value is -1.27. The van der Waals surface area contributed by atoms with Gasteiger partial charge in [0.25, 0.3) is 0 Å². The average Bonchev–Trinajstić information content (AvgIpc) is 2.33. The number of aliphatic hydroxyl groups excluding tert-OH is 1. The first kappa shape index (κ1) is 15.8. The fourth-order valence-electron chi connectivity index (χ4n) is 1.54. The molecule has 0 aromatic heterocycles. The normalized spacial score (nSPS) is 13.4. The fourth-order valence-corrected chi connectivity index (χ4v) is 1.54. The van der Waals surface area contributed by atoms with Crippen LogP contribution in [0, 0.1) is 0 Å². The third-order valence-electron chi connectivity index (χ3n) is 2.57. The van der Waals surface area contributed by atoms with Crippen molar-refractivity contribution in [2.45, 2.75) is 32.2 Å². The second kappa shape index (κ2) is 6.77. The second-order valence-corrected chi connectivity index (χ2v) is 4.17. The number of hydrogen-bond donors (Lipinski definition) is 1. The van der Waals surface area contributed by atoms with E-state index in [0.717, 1.165) is 0 Å². The number of alkyl halides is 3. The Kier molecular flexibility index (Phi) is 5.62. The Balaban J connectivity index is 2.62. The molecule has 0 fully saturated rings. The molecule has 1 unspecified atom stereocenters. The lowest BCUT2D eigenvalue weighted by atomic mass is 10.1. The van der Waals surface area contributed by atoms with Gasteiger partial charge in [-0.3, -0.25) is 0 Å². The van der Waals surface area contributed by atoms with E-state index >= 15 is 0 Å². The second-order valence-electron chi connectivity index (χ2n) is 4.17. The molecule has 0 saturated carbocycles. The van der Waals surface area contributed by atoms with Crippen molar-refractivity contribution in [3.8, 4) is 5.75 Å². The number of methoxy groups -OCH3 is 1. The van der Waals surface area contributed by atoms with Gasteiger partial charge in [0.2, 0.25) is 0 Å². The van der Waals surface area contributed by atoms with Crippen LogP contribution in [0.3, 0.4) is 0 Å². The zero-order valence-corrected chi connectivity index (χ0v) is 10.8. The van der Waals surface area contributed by atoms with Gasteiger partial charge in [0, 0.05) is 5.56 Å². The Bertz CT molecular complexity index is 403. The van der Waals surface area contributed by atoms with Crippen LogP contribution in [0.4, 0.5) is 13.2 Å². The van der Waals surface area contributed by atoms with Crippen molar-refractivity contribution in [1.29, 1.82) is 0 Å². The van der Waals surface area contributed by atoms with E-state index in [1.54, 1.807) is 25.1 Å². The molecular formula is C13H17F3O3. The molecule has 0 aliphatic heterocycles. The molecule has 1 aromatic rings. The van der Waals surface area contributed by atoms with Crippen molar-refractivity contribution in [1.82, 2.24) is 0 Å². The molecule has 0 aliphatic carbocycles. The first-order chi connectivity index (χ1) is 8.83. The molecule has 6 heteroatoms. The van der Waals surface area contributed by atoms with Crippen molar-refractivity contribution in [2.75, 3.05) is 13.7 Å². The standard InChI is InChI=1S/C13H17F3O3/c1-9(17)10-3-4-12(18-2)11(7-10)8-19-6-5-13(14,15)16/h3-4,7,9,17H,5-6,8H2,1-2H3.